The van der Waals surface area contributed by atoms with Gasteiger partial charge >= 0.3 is 0 Å². The van der Waals surface area contributed by atoms with Crippen LogP contribution in [0.4, 0.5) is 0 Å². The van der Waals surface area contributed by atoms with E-state index in [0.717, 1.165) is 5.76 Å². The van der Waals surface area contributed by atoms with Crippen LogP contribution < -0.4 is 0 Å². The third-order valence-corrected chi connectivity index (χ3v) is 2.44. The Labute approximate surface area is 82.1 Å². The van der Waals surface area contributed by atoms with E-state index in [1.54, 1.807) is 6.26 Å². The molecule has 0 aliphatic carbocycles. The lowest BCUT2D eigenvalue weighted by atomic mass is 10.1. The summed E-state index contributed by atoms with van der Waals surface area (Å²) in [7, 11) is 0. The number of ether oxygens (including phenoxy) is 1. The molecule has 0 spiro atoms. The molecule has 2 heterocycles. The first-order valence-corrected chi connectivity index (χ1v) is 4.69. The summed E-state index contributed by atoms with van der Waals surface area (Å²) < 4.78 is 10.8. The molecule has 0 bridgehead atoms. The molecule has 1 saturated heterocycles. The monoisotopic (exact) mass is 186 g/mol. The molecule has 1 aliphatic heterocycles. The zero-order valence-corrected chi connectivity index (χ0v) is 7.59. The normalized spacial score (nSPS) is 24.9. The van der Waals surface area contributed by atoms with E-state index in [0.29, 0.717) is 0 Å². The maximum atomic E-state index is 5.55. The number of rotatable bonds is 2. The second-order valence-electron chi connectivity index (χ2n) is 3.40. The second kappa shape index (κ2) is 3.00. The van der Waals surface area contributed by atoms with Gasteiger partial charge in [0.25, 0.3) is 0 Å². The van der Waals surface area contributed by atoms with Crippen molar-refractivity contribution in [1.29, 1.82) is 0 Å². The van der Waals surface area contributed by atoms with E-state index < -0.39 is 0 Å². The van der Waals surface area contributed by atoms with Crippen LogP contribution in [0.2, 0.25) is 0 Å². The van der Waals surface area contributed by atoms with Crippen molar-refractivity contribution in [3.8, 4) is 0 Å². The van der Waals surface area contributed by atoms with Gasteiger partial charge in [-0.3, -0.25) is 0 Å². The molecule has 2 aromatic rings. The molecule has 0 saturated carbocycles. The number of benzene rings is 1. The van der Waals surface area contributed by atoms with Gasteiger partial charge in [-0.25, -0.2) is 0 Å². The minimum absolute atomic E-state index is 0.118. The van der Waals surface area contributed by atoms with E-state index in [4.69, 9.17) is 9.15 Å². The molecule has 14 heavy (non-hydrogen) atoms. The summed E-state index contributed by atoms with van der Waals surface area (Å²) in [5.41, 5.74) is 1.22. The highest BCUT2D eigenvalue weighted by atomic mass is 16.6. The fraction of sp³-hybridized carbons (Fsp3) is 0.167. The maximum Gasteiger partial charge on any atom is 0.146 e. The van der Waals surface area contributed by atoms with Gasteiger partial charge in [0, 0.05) is 0 Å². The predicted molar refractivity (Wildman–Crippen MR) is 51.7 cm³/mol. The lowest BCUT2D eigenvalue weighted by Gasteiger charge is -1.92. The summed E-state index contributed by atoms with van der Waals surface area (Å²) in [6.45, 7) is 0. The molecule has 0 N–H and O–H groups in total. The first kappa shape index (κ1) is 7.83. The molecular weight excluding hydrogens is 176 g/mol. The van der Waals surface area contributed by atoms with E-state index in [-0.39, 0.29) is 12.2 Å². The molecule has 3 rings (SSSR count). The Morgan fingerprint density at radius 3 is 2.43 bits per heavy atom. The molecule has 2 heteroatoms. The molecule has 1 aliphatic rings. The van der Waals surface area contributed by atoms with E-state index in [9.17, 15) is 0 Å². The molecule has 0 amide bonds. The molecule has 1 aromatic heterocycles. The quantitative estimate of drug-likeness (QED) is 0.673. The number of hydrogen-bond donors (Lipinski definition) is 0. The Bertz CT molecular complexity index is 405. The van der Waals surface area contributed by atoms with Gasteiger partial charge in [0.05, 0.1) is 6.26 Å². The lowest BCUT2D eigenvalue weighted by molar-refractivity contribution is 0.349. The Morgan fingerprint density at radius 1 is 0.857 bits per heavy atom. The van der Waals surface area contributed by atoms with Crippen LogP contribution >= 0.6 is 0 Å². The summed E-state index contributed by atoms with van der Waals surface area (Å²) >= 11 is 0. The van der Waals surface area contributed by atoms with Gasteiger partial charge in [0.1, 0.15) is 18.0 Å². The highest BCUT2D eigenvalue weighted by Gasteiger charge is 2.43. The van der Waals surface area contributed by atoms with Crippen molar-refractivity contribution in [2.75, 3.05) is 0 Å². The summed E-state index contributed by atoms with van der Waals surface area (Å²) in [5, 5.41) is 0. The van der Waals surface area contributed by atoms with Gasteiger partial charge in [-0.15, -0.1) is 0 Å². The fourth-order valence-electron chi connectivity index (χ4n) is 1.68. The summed E-state index contributed by atoms with van der Waals surface area (Å²) in [6, 6.07) is 14.0. The minimum Gasteiger partial charge on any atom is -0.466 e. The zero-order valence-electron chi connectivity index (χ0n) is 7.59. The highest BCUT2D eigenvalue weighted by Crippen LogP contribution is 2.50. The smallest absolute Gasteiger partial charge is 0.146 e. The van der Waals surface area contributed by atoms with Gasteiger partial charge in [-0.1, -0.05) is 30.3 Å². The number of hydrogen-bond acceptors (Lipinski definition) is 2. The summed E-state index contributed by atoms with van der Waals surface area (Å²) in [4.78, 5) is 0. The van der Waals surface area contributed by atoms with Crippen LogP contribution in [-0.2, 0) is 4.74 Å². The average molecular weight is 186 g/mol. The van der Waals surface area contributed by atoms with Crippen molar-refractivity contribution in [3.05, 3.63) is 60.1 Å². The molecule has 0 radical (unpaired) electrons. The predicted octanol–water partition coefficient (Wildman–Crippen LogP) is 3.09. The van der Waals surface area contributed by atoms with Crippen LogP contribution in [-0.4, -0.2) is 0 Å². The Hall–Kier alpha value is -1.54. The van der Waals surface area contributed by atoms with Crippen molar-refractivity contribution >= 4 is 0 Å². The Balaban J connectivity index is 1.81. The Kier molecular flexibility index (Phi) is 1.67. The van der Waals surface area contributed by atoms with Gasteiger partial charge in [0.2, 0.25) is 0 Å². The first-order chi connectivity index (χ1) is 6.95. The van der Waals surface area contributed by atoms with E-state index in [2.05, 4.69) is 12.1 Å². The van der Waals surface area contributed by atoms with Crippen molar-refractivity contribution in [2.24, 2.45) is 0 Å². The first-order valence-electron chi connectivity index (χ1n) is 4.69. The summed E-state index contributed by atoms with van der Waals surface area (Å²) in [5.74, 6) is 0.916. The van der Waals surface area contributed by atoms with Crippen LogP contribution in [0.15, 0.2) is 53.1 Å². The SMILES string of the molecule is c1ccc([C@H]2O[C@H]2c2ccco2)cc1. The molecule has 1 fully saturated rings. The second-order valence-corrected chi connectivity index (χ2v) is 3.40. The largest absolute Gasteiger partial charge is 0.466 e. The van der Waals surface area contributed by atoms with Crippen molar-refractivity contribution < 1.29 is 9.15 Å². The molecule has 70 valence electrons. The van der Waals surface area contributed by atoms with Gasteiger partial charge < -0.3 is 9.15 Å². The molecule has 1 aromatic carbocycles. The van der Waals surface area contributed by atoms with Gasteiger partial charge in [-0.05, 0) is 17.7 Å². The van der Waals surface area contributed by atoms with Crippen LogP contribution in [0, 0.1) is 0 Å². The third kappa shape index (κ3) is 1.24. The molecular formula is C12H10O2. The average Bonchev–Trinajstić information content (AvgIpc) is 2.87. The van der Waals surface area contributed by atoms with Gasteiger partial charge in [0.15, 0.2) is 0 Å². The van der Waals surface area contributed by atoms with E-state index >= 15 is 0 Å². The number of furan rings is 1. The Morgan fingerprint density at radius 2 is 1.71 bits per heavy atom. The molecule has 2 nitrogen and oxygen atoms in total. The lowest BCUT2D eigenvalue weighted by Crippen LogP contribution is -1.80. The topological polar surface area (TPSA) is 25.7 Å². The summed E-state index contributed by atoms with van der Waals surface area (Å²) in [6.07, 6.45) is 1.98. The van der Waals surface area contributed by atoms with Crippen LogP contribution in [0.3, 0.4) is 0 Å². The molecule has 2 atom stereocenters. The van der Waals surface area contributed by atoms with Crippen molar-refractivity contribution in [1.82, 2.24) is 0 Å². The van der Waals surface area contributed by atoms with Crippen LogP contribution in [0.1, 0.15) is 23.5 Å². The van der Waals surface area contributed by atoms with E-state index in [1.165, 1.54) is 5.56 Å². The highest BCUT2D eigenvalue weighted by molar-refractivity contribution is 5.25. The standard InChI is InChI=1S/C12H10O2/c1-2-5-9(6-3-1)11-12(14-11)10-7-4-8-13-10/h1-8,11-12H/t11-,12+/m1/s1. The number of epoxide rings is 1. The zero-order chi connectivity index (χ0) is 9.38. The van der Waals surface area contributed by atoms with E-state index in [1.807, 2.05) is 30.3 Å². The minimum atomic E-state index is 0.118. The third-order valence-electron chi connectivity index (χ3n) is 2.44. The van der Waals surface area contributed by atoms with Crippen LogP contribution in [0.25, 0.3) is 0 Å². The van der Waals surface area contributed by atoms with Crippen LogP contribution in [0.5, 0.6) is 0 Å². The van der Waals surface area contributed by atoms with Gasteiger partial charge in [-0.2, -0.15) is 0 Å². The fourth-order valence-corrected chi connectivity index (χ4v) is 1.68. The van der Waals surface area contributed by atoms with Crippen molar-refractivity contribution in [3.63, 3.8) is 0 Å². The van der Waals surface area contributed by atoms with Crippen molar-refractivity contribution in [2.45, 2.75) is 12.2 Å². The maximum absolute atomic E-state index is 5.55. The molecule has 0 unspecified atom stereocenters.